The van der Waals surface area contributed by atoms with Crippen LogP contribution >= 0.6 is 31.9 Å². The number of aryl methyl sites for hydroxylation is 2. The number of hydrogen-bond donors (Lipinski definition) is 0. The van der Waals surface area contributed by atoms with Crippen molar-refractivity contribution in [2.75, 3.05) is 0 Å². The van der Waals surface area contributed by atoms with Gasteiger partial charge < -0.3 is 0 Å². The summed E-state index contributed by atoms with van der Waals surface area (Å²) in [6, 6.07) is 7.33. The Morgan fingerprint density at radius 2 is 1.61 bits per heavy atom. The number of halogens is 2. The van der Waals surface area contributed by atoms with E-state index in [1.54, 1.807) is 12.1 Å². The molecule has 4 nitrogen and oxygen atoms in total. The Balaban J connectivity index is 2.22. The molecule has 0 atom stereocenters. The maximum Gasteiger partial charge on any atom is 0.267 e. The lowest BCUT2D eigenvalue weighted by Gasteiger charge is -2.08. The standard InChI is InChI=1S/C17H10Br2N2O2/c1-7-3-5-9-11(13(7)18)17(23)21-10-6-4-8(2)14(19)12(10)15(22)16(21)20-9/h3-6H,1-2H3. The Hall–Kier alpha value is -1.79. The largest absolute Gasteiger partial charge is 0.285 e. The lowest BCUT2D eigenvalue weighted by Crippen LogP contribution is -2.22. The van der Waals surface area contributed by atoms with Gasteiger partial charge in [0.25, 0.3) is 5.56 Å². The van der Waals surface area contributed by atoms with Gasteiger partial charge in [-0.2, -0.15) is 0 Å². The number of aromatic nitrogens is 2. The smallest absolute Gasteiger partial charge is 0.267 e. The van der Waals surface area contributed by atoms with Gasteiger partial charge in [-0.05, 0) is 69.0 Å². The van der Waals surface area contributed by atoms with Crippen LogP contribution in [0.15, 0.2) is 38.0 Å². The highest BCUT2D eigenvalue weighted by atomic mass is 79.9. The molecule has 0 N–H and O–H groups in total. The maximum atomic E-state index is 13.0. The molecule has 0 saturated carbocycles. The molecule has 2 heterocycles. The van der Waals surface area contributed by atoms with E-state index < -0.39 is 0 Å². The molecule has 0 spiro atoms. The van der Waals surface area contributed by atoms with Gasteiger partial charge in [0.05, 0.1) is 22.2 Å². The number of ketones is 1. The Labute approximate surface area is 148 Å². The topological polar surface area (TPSA) is 52.0 Å². The number of carbonyl (C=O) groups excluding carboxylic acids is 1. The van der Waals surface area contributed by atoms with Crippen molar-refractivity contribution >= 4 is 48.5 Å². The molecule has 1 aliphatic heterocycles. The van der Waals surface area contributed by atoms with E-state index in [2.05, 4.69) is 36.8 Å². The van der Waals surface area contributed by atoms with E-state index in [0.29, 0.717) is 26.6 Å². The summed E-state index contributed by atoms with van der Waals surface area (Å²) >= 11 is 6.94. The van der Waals surface area contributed by atoms with Crippen molar-refractivity contribution in [2.45, 2.75) is 13.8 Å². The first kappa shape index (κ1) is 14.8. The predicted molar refractivity (Wildman–Crippen MR) is 95.6 cm³/mol. The van der Waals surface area contributed by atoms with E-state index in [1.807, 2.05) is 26.0 Å². The highest BCUT2D eigenvalue weighted by molar-refractivity contribution is 9.11. The highest BCUT2D eigenvalue weighted by Crippen LogP contribution is 2.34. The second-order valence-electron chi connectivity index (χ2n) is 5.59. The van der Waals surface area contributed by atoms with Crippen molar-refractivity contribution in [2.24, 2.45) is 0 Å². The monoisotopic (exact) mass is 432 g/mol. The molecule has 2 aromatic carbocycles. The summed E-state index contributed by atoms with van der Waals surface area (Å²) in [6.07, 6.45) is 0. The number of carbonyl (C=O) groups is 1. The molecule has 0 saturated heterocycles. The number of rotatable bonds is 0. The Morgan fingerprint density at radius 1 is 0.957 bits per heavy atom. The fraction of sp³-hybridized carbons (Fsp3) is 0.118. The third-order valence-corrected chi connectivity index (χ3v) is 6.20. The minimum absolute atomic E-state index is 0.166. The van der Waals surface area contributed by atoms with Crippen LogP contribution in [0.1, 0.15) is 27.3 Å². The zero-order valence-corrected chi connectivity index (χ0v) is 15.4. The van der Waals surface area contributed by atoms with Crippen LogP contribution in [0.4, 0.5) is 0 Å². The summed E-state index contributed by atoms with van der Waals surface area (Å²) in [6.45, 7) is 3.83. The van der Waals surface area contributed by atoms with Crippen molar-refractivity contribution in [3.8, 4) is 5.69 Å². The normalized spacial score (nSPS) is 12.6. The molecule has 0 unspecified atom stereocenters. The molecule has 0 aliphatic carbocycles. The highest BCUT2D eigenvalue weighted by Gasteiger charge is 2.33. The summed E-state index contributed by atoms with van der Waals surface area (Å²) in [4.78, 5) is 30.2. The van der Waals surface area contributed by atoms with Crippen LogP contribution < -0.4 is 5.56 Å². The lowest BCUT2D eigenvalue weighted by molar-refractivity contribution is 0.103. The Morgan fingerprint density at radius 3 is 2.35 bits per heavy atom. The van der Waals surface area contributed by atoms with Gasteiger partial charge in [-0.1, -0.05) is 12.1 Å². The quantitative estimate of drug-likeness (QED) is 0.420. The molecule has 0 fully saturated rings. The van der Waals surface area contributed by atoms with Crippen LogP contribution in [0, 0.1) is 13.8 Å². The maximum absolute atomic E-state index is 13.0. The van der Waals surface area contributed by atoms with E-state index in [9.17, 15) is 9.59 Å². The summed E-state index contributed by atoms with van der Waals surface area (Å²) < 4.78 is 2.84. The molecular weight excluding hydrogens is 424 g/mol. The van der Waals surface area contributed by atoms with Crippen LogP contribution in [-0.2, 0) is 0 Å². The van der Waals surface area contributed by atoms with Crippen molar-refractivity contribution in [1.29, 1.82) is 0 Å². The predicted octanol–water partition coefficient (Wildman–Crippen LogP) is 4.07. The van der Waals surface area contributed by atoms with Crippen molar-refractivity contribution in [3.63, 3.8) is 0 Å². The first-order valence-corrected chi connectivity index (χ1v) is 8.56. The third-order valence-electron chi connectivity index (χ3n) is 4.15. The lowest BCUT2D eigenvalue weighted by atomic mass is 10.1. The van der Waals surface area contributed by atoms with E-state index >= 15 is 0 Å². The number of fused-ring (bicyclic) bond motifs is 4. The van der Waals surface area contributed by atoms with Gasteiger partial charge in [-0.25, -0.2) is 4.98 Å². The van der Waals surface area contributed by atoms with Gasteiger partial charge in [-0.15, -0.1) is 0 Å². The fourth-order valence-corrected chi connectivity index (χ4v) is 3.92. The first-order chi connectivity index (χ1) is 10.9. The van der Waals surface area contributed by atoms with Gasteiger partial charge >= 0.3 is 0 Å². The van der Waals surface area contributed by atoms with Gasteiger partial charge in [-0.3, -0.25) is 14.2 Å². The van der Waals surface area contributed by atoms with E-state index in [4.69, 9.17) is 0 Å². The van der Waals surface area contributed by atoms with Crippen molar-refractivity contribution in [1.82, 2.24) is 9.55 Å². The third kappa shape index (κ3) is 1.85. The van der Waals surface area contributed by atoms with Gasteiger partial charge in [0.15, 0.2) is 5.82 Å². The average Bonchev–Trinajstić information content (AvgIpc) is 2.81. The summed E-state index contributed by atoms with van der Waals surface area (Å²) in [5.74, 6) is -0.0641. The fourth-order valence-electron chi connectivity index (χ4n) is 2.90. The minimum atomic E-state index is -0.233. The molecular formula is C17H10Br2N2O2. The van der Waals surface area contributed by atoms with Crippen LogP contribution in [0.2, 0.25) is 0 Å². The van der Waals surface area contributed by atoms with Gasteiger partial charge in [0.1, 0.15) is 0 Å². The molecule has 1 aromatic heterocycles. The van der Waals surface area contributed by atoms with Crippen molar-refractivity contribution < 1.29 is 4.79 Å². The summed E-state index contributed by atoms with van der Waals surface area (Å²) in [7, 11) is 0. The minimum Gasteiger partial charge on any atom is -0.285 e. The van der Waals surface area contributed by atoms with E-state index in [1.165, 1.54) is 4.57 Å². The molecule has 0 amide bonds. The zero-order chi connectivity index (χ0) is 16.5. The SMILES string of the molecule is Cc1ccc2c(c1Br)C(=O)c1nc3ccc(C)c(Br)c3c(=O)n1-2. The van der Waals surface area contributed by atoms with Crippen LogP contribution in [0.5, 0.6) is 0 Å². The second-order valence-corrected chi connectivity index (χ2v) is 7.17. The van der Waals surface area contributed by atoms with E-state index in [0.717, 1.165) is 15.6 Å². The Bertz CT molecular complexity index is 1100. The second kappa shape index (κ2) is 4.85. The molecule has 23 heavy (non-hydrogen) atoms. The number of hydrogen-bond acceptors (Lipinski definition) is 3. The van der Waals surface area contributed by atoms with Crippen LogP contribution in [0.25, 0.3) is 16.6 Å². The van der Waals surface area contributed by atoms with Gasteiger partial charge in [0.2, 0.25) is 5.78 Å². The Kier molecular flexibility index (Phi) is 3.12. The molecule has 4 rings (SSSR count). The van der Waals surface area contributed by atoms with Crippen LogP contribution in [0.3, 0.4) is 0 Å². The average molecular weight is 434 g/mol. The summed E-state index contributed by atoms with van der Waals surface area (Å²) in [5.41, 5.74) is 3.26. The molecule has 0 bridgehead atoms. The zero-order valence-electron chi connectivity index (χ0n) is 12.3. The number of nitrogens with zero attached hydrogens (tertiary/aromatic N) is 2. The van der Waals surface area contributed by atoms with Crippen molar-refractivity contribution in [3.05, 3.63) is 66.1 Å². The van der Waals surface area contributed by atoms with E-state index in [-0.39, 0.29) is 17.2 Å². The molecule has 1 aliphatic rings. The molecule has 0 radical (unpaired) electrons. The first-order valence-electron chi connectivity index (χ1n) is 6.98. The summed E-state index contributed by atoms with van der Waals surface area (Å²) in [5, 5.41) is 0.492. The molecule has 6 heteroatoms. The number of benzene rings is 2. The van der Waals surface area contributed by atoms with Crippen LogP contribution in [-0.4, -0.2) is 15.3 Å². The molecule has 114 valence electrons. The molecule has 3 aromatic rings. The van der Waals surface area contributed by atoms with Gasteiger partial charge in [0, 0.05) is 8.95 Å².